The summed E-state index contributed by atoms with van der Waals surface area (Å²) in [6, 6.07) is 24.5. The van der Waals surface area contributed by atoms with Crippen molar-refractivity contribution >= 4 is 36.7 Å². The number of nitrogens with zero attached hydrogens (tertiary/aromatic N) is 2. The monoisotopic (exact) mass is 510 g/mol. The number of hydrogen-bond acceptors (Lipinski definition) is 4. The largest absolute Gasteiger partial charge is 0.449 e. The van der Waals surface area contributed by atoms with E-state index in [0.29, 0.717) is 18.8 Å². The molecule has 0 bridgehead atoms. The molecule has 1 aliphatic heterocycles. The van der Waals surface area contributed by atoms with Gasteiger partial charge in [0.1, 0.15) is 11.9 Å². The zero-order valence-corrected chi connectivity index (χ0v) is 23.0. The predicted molar refractivity (Wildman–Crippen MR) is 153 cm³/mol. The molecule has 4 rings (SSSR count). The van der Waals surface area contributed by atoms with E-state index >= 15 is 0 Å². The summed E-state index contributed by atoms with van der Waals surface area (Å²) in [5.41, 5.74) is 0.864. The molecule has 0 saturated carbocycles. The average molecular weight is 511 g/mol. The van der Waals surface area contributed by atoms with Gasteiger partial charge in [0, 0.05) is 24.8 Å². The van der Waals surface area contributed by atoms with Crippen molar-refractivity contribution in [3.05, 3.63) is 90.6 Å². The Bertz CT molecular complexity index is 1250. The van der Waals surface area contributed by atoms with Gasteiger partial charge in [-0.3, -0.25) is 0 Å². The molecule has 0 spiro atoms. The quantitative estimate of drug-likeness (QED) is 0.253. The van der Waals surface area contributed by atoms with E-state index in [1.54, 1.807) is 13.1 Å². The molecule has 1 aliphatic rings. The molecule has 5 nitrogen and oxygen atoms in total. The van der Waals surface area contributed by atoms with Gasteiger partial charge in [-0.15, -0.1) is 0 Å². The highest BCUT2D eigenvalue weighted by molar-refractivity contribution is 6.99. The van der Waals surface area contributed by atoms with Crippen LogP contribution < -0.4 is 15.3 Å². The van der Waals surface area contributed by atoms with E-state index in [-0.39, 0.29) is 11.6 Å². The normalized spacial score (nSPS) is 14.9. The van der Waals surface area contributed by atoms with Gasteiger partial charge in [0.2, 0.25) is 0 Å². The Hall–Kier alpha value is -3.66. The van der Waals surface area contributed by atoms with Crippen LogP contribution in [0.25, 0.3) is 6.08 Å². The van der Waals surface area contributed by atoms with E-state index in [1.165, 1.54) is 15.3 Å². The summed E-state index contributed by atoms with van der Waals surface area (Å²) in [5, 5.41) is 2.40. The number of fused-ring (bicyclic) bond motifs is 1. The molecule has 37 heavy (non-hydrogen) atoms. The lowest BCUT2D eigenvalue weighted by Gasteiger charge is -2.43. The van der Waals surface area contributed by atoms with E-state index < -0.39 is 20.5 Å². The number of amides is 1. The van der Waals surface area contributed by atoms with Gasteiger partial charge < -0.3 is 9.16 Å². The van der Waals surface area contributed by atoms with Crippen molar-refractivity contribution in [2.45, 2.75) is 45.2 Å². The molecule has 0 saturated heterocycles. The van der Waals surface area contributed by atoms with Crippen molar-refractivity contribution in [2.24, 2.45) is 0 Å². The van der Waals surface area contributed by atoms with Crippen LogP contribution in [0.5, 0.6) is 0 Å². The molecule has 0 fully saturated rings. The zero-order chi connectivity index (χ0) is 26.3. The summed E-state index contributed by atoms with van der Waals surface area (Å²) in [6.45, 7) is 9.36. The van der Waals surface area contributed by atoms with Crippen molar-refractivity contribution in [1.82, 2.24) is 4.98 Å². The van der Waals surface area contributed by atoms with Crippen LogP contribution in [0.4, 0.5) is 10.6 Å². The molecule has 190 valence electrons. The third-order valence-corrected chi connectivity index (χ3v) is 11.5. The third-order valence-electron chi connectivity index (χ3n) is 6.46. The highest BCUT2D eigenvalue weighted by Gasteiger charge is 2.49. The highest BCUT2D eigenvalue weighted by Crippen LogP contribution is 2.36. The SMILES string of the molecule is CCOC(=O)N1c2ncccc2C=CC1C#CCCO[Si](c1ccccc1)(c1ccccc1)C(C)(C)C. The Balaban J connectivity index is 1.57. The topological polar surface area (TPSA) is 51.7 Å². The molecule has 1 aromatic heterocycles. The average Bonchev–Trinajstić information content (AvgIpc) is 2.91. The van der Waals surface area contributed by atoms with Crippen LogP contribution in [0.3, 0.4) is 0 Å². The lowest BCUT2D eigenvalue weighted by atomic mass is 10.1. The zero-order valence-electron chi connectivity index (χ0n) is 22.0. The lowest BCUT2D eigenvalue weighted by Crippen LogP contribution is -2.66. The van der Waals surface area contributed by atoms with Gasteiger partial charge >= 0.3 is 6.09 Å². The molecular weight excluding hydrogens is 476 g/mol. The molecule has 0 radical (unpaired) electrons. The summed E-state index contributed by atoms with van der Waals surface area (Å²) in [4.78, 5) is 18.7. The summed E-state index contributed by atoms with van der Waals surface area (Å²) in [6.07, 6.45) is 5.63. The predicted octanol–water partition coefficient (Wildman–Crippen LogP) is 5.41. The number of benzene rings is 2. The van der Waals surface area contributed by atoms with Gasteiger partial charge in [0.05, 0.1) is 6.61 Å². The minimum absolute atomic E-state index is 0.0919. The standard InChI is InChI=1S/C31H34N2O3Si/c1-5-35-30(34)33-26(22-21-25-15-14-23-32-29(25)33)16-12-13-24-36-37(31(2,3)4,27-17-8-6-9-18-27)28-19-10-7-11-20-28/h6-11,14-15,17-23,26H,5,13,24H2,1-4H3. The van der Waals surface area contributed by atoms with E-state index in [2.05, 4.69) is 86.1 Å². The van der Waals surface area contributed by atoms with Gasteiger partial charge in [0.25, 0.3) is 8.32 Å². The first-order chi connectivity index (χ1) is 17.9. The van der Waals surface area contributed by atoms with E-state index in [1.807, 2.05) is 36.4 Å². The van der Waals surface area contributed by atoms with Crippen molar-refractivity contribution in [3.63, 3.8) is 0 Å². The van der Waals surface area contributed by atoms with Gasteiger partial charge in [-0.2, -0.15) is 0 Å². The number of carbonyl (C=O) groups is 1. The Morgan fingerprint density at radius 1 is 1.00 bits per heavy atom. The summed E-state index contributed by atoms with van der Waals surface area (Å²) >= 11 is 0. The van der Waals surface area contributed by atoms with Crippen molar-refractivity contribution < 1.29 is 14.0 Å². The second-order valence-corrected chi connectivity index (χ2v) is 14.2. The second-order valence-electron chi connectivity index (χ2n) is 9.87. The van der Waals surface area contributed by atoms with Gasteiger partial charge in [0.15, 0.2) is 0 Å². The molecule has 3 aromatic rings. The third kappa shape index (κ3) is 5.53. The Kier molecular flexibility index (Phi) is 8.27. The Morgan fingerprint density at radius 2 is 1.65 bits per heavy atom. The fraction of sp³-hybridized carbons (Fsp3) is 0.290. The minimum Gasteiger partial charge on any atom is -0.449 e. The van der Waals surface area contributed by atoms with Crippen LogP contribution in [0.15, 0.2) is 85.1 Å². The molecule has 1 atom stereocenters. The number of anilines is 1. The maximum Gasteiger partial charge on any atom is 0.416 e. The number of hydrogen-bond donors (Lipinski definition) is 0. The van der Waals surface area contributed by atoms with Crippen LogP contribution in [0.2, 0.25) is 5.04 Å². The molecule has 2 aromatic carbocycles. The fourth-order valence-electron chi connectivity index (χ4n) is 4.85. The lowest BCUT2D eigenvalue weighted by molar-refractivity contribution is 0.159. The molecular formula is C31H34N2O3Si. The van der Waals surface area contributed by atoms with Crippen LogP contribution in [-0.2, 0) is 9.16 Å². The summed E-state index contributed by atoms with van der Waals surface area (Å²) in [5.74, 6) is 7.06. The molecule has 0 aliphatic carbocycles. The first-order valence-electron chi connectivity index (χ1n) is 12.7. The maximum atomic E-state index is 12.8. The first-order valence-corrected chi connectivity index (χ1v) is 14.6. The van der Waals surface area contributed by atoms with Gasteiger partial charge in [-0.05, 0) is 40.5 Å². The molecule has 1 amide bonds. The number of pyridine rings is 1. The molecule has 1 unspecified atom stereocenters. The van der Waals surface area contributed by atoms with E-state index in [0.717, 1.165) is 5.56 Å². The smallest absolute Gasteiger partial charge is 0.416 e. The number of rotatable bonds is 6. The second kappa shape index (κ2) is 11.6. The number of aromatic nitrogens is 1. The minimum atomic E-state index is -2.60. The fourth-order valence-corrected chi connectivity index (χ4v) is 9.42. The molecule has 2 heterocycles. The van der Waals surface area contributed by atoms with Crippen molar-refractivity contribution in [2.75, 3.05) is 18.1 Å². The van der Waals surface area contributed by atoms with Crippen LogP contribution in [-0.4, -0.2) is 38.7 Å². The Labute approximate surface area is 221 Å². The number of carbonyl (C=O) groups excluding carboxylic acids is 1. The van der Waals surface area contributed by atoms with Gasteiger partial charge in [-0.25, -0.2) is 14.7 Å². The van der Waals surface area contributed by atoms with Crippen molar-refractivity contribution in [1.29, 1.82) is 0 Å². The van der Waals surface area contributed by atoms with E-state index in [4.69, 9.17) is 9.16 Å². The van der Waals surface area contributed by atoms with Crippen molar-refractivity contribution in [3.8, 4) is 11.8 Å². The van der Waals surface area contributed by atoms with Crippen LogP contribution in [0, 0.1) is 11.8 Å². The van der Waals surface area contributed by atoms with E-state index in [9.17, 15) is 4.79 Å². The Morgan fingerprint density at radius 3 is 2.24 bits per heavy atom. The molecule has 0 N–H and O–H groups in total. The van der Waals surface area contributed by atoms with Crippen LogP contribution in [0.1, 0.15) is 39.7 Å². The summed E-state index contributed by atoms with van der Waals surface area (Å²) < 4.78 is 12.2. The maximum absolute atomic E-state index is 12.8. The summed E-state index contributed by atoms with van der Waals surface area (Å²) in [7, 11) is -2.60. The van der Waals surface area contributed by atoms with Gasteiger partial charge in [-0.1, -0.05) is 99.4 Å². The highest BCUT2D eigenvalue weighted by atomic mass is 28.4. The number of ether oxygens (including phenoxy) is 1. The first kappa shape index (κ1) is 26.4. The molecule has 6 heteroatoms. The van der Waals surface area contributed by atoms with Crippen LogP contribution >= 0.6 is 0 Å².